The number of carbonyl (C=O) groups is 3. The van der Waals surface area contributed by atoms with E-state index in [1.54, 1.807) is 21.9 Å². The Kier molecular flexibility index (Phi) is 5.98. The van der Waals surface area contributed by atoms with Gasteiger partial charge in [-0.2, -0.15) is 0 Å². The fourth-order valence-electron chi connectivity index (χ4n) is 5.86. The number of nitrogens with zero attached hydrogens (tertiary/aromatic N) is 2. The standard InChI is InChI=1S/C26H27ClN2O5/c27-20-9-10-22(30)23-19(20)11-12-29(25(32)17-7-3-4-8-18(17)26(33)34)21(23)14-28-13-15-5-1-2-6-16(15)24(28)31/h1-2,5-6,9-10,17-18,21,30H,3-4,7-8,11-14H2,(H,33,34)/t17?,18?,21-/m1/s1. The number of carboxylic acid groups (broad SMARTS) is 1. The number of carbonyl (C=O) groups excluding carboxylic acids is 2. The minimum absolute atomic E-state index is 0.0319. The molecule has 3 aliphatic rings. The smallest absolute Gasteiger partial charge is 0.307 e. The highest BCUT2D eigenvalue weighted by molar-refractivity contribution is 6.31. The Morgan fingerprint density at radius 1 is 1.06 bits per heavy atom. The van der Waals surface area contributed by atoms with Crippen molar-refractivity contribution in [1.29, 1.82) is 0 Å². The van der Waals surface area contributed by atoms with E-state index >= 15 is 0 Å². The number of fused-ring (bicyclic) bond motifs is 2. The first-order chi connectivity index (χ1) is 16.4. The molecule has 5 rings (SSSR count). The lowest BCUT2D eigenvalue weighted by atomic mass is 9.77. The summed E-state index contributed by atoms with van der Waals surface area (Å²) in [6.07, 6.45) is 3.08. The zero-order valence-corrected chi connectivity index (χ0v) is 19.5. The van der Waals surface area contributed by atoms with E-state index in [4.69, 9.17) is 11.6 Å². The van der Waals surface area contributed by atoms with Gasteiger partial charge < -0.3 is 20.0 Å². The molecule has 0 spiro atoms. The molecule has 1 aliphatic carbocycles. The van der Waals surface area contributed by atoms with Gasteiger partial charge in [0.15, 0.2) is 0 Å². The van der Waals surface area contributed by atoms with Gasteiger partial charge in [-0.15, -0.1) is 0 Å². The molecule has 3 atom stereocenters. The molecule has 2 aliphatic heterocycles. The van der Waals surface area contributed by atoms with Crippen LogP contribution in [0.4, 0.5) is 0 Å². The predicted octanol–water partition coefficient (Wildman–Crippen LogP) is 4.02. The maximum absolute atomic E-state index is 13.8. The van der Waals surface area contributed by atoms with Crippen molar-refractivity contribution in [2.24, 2.45) is 11.8 Å². The molecule has 2 N–H and O–H groups in total. The quantitative estimate of drug-likeness (QED) is 0.686. The molecule has 0 bridgehead atoms. The number of benzene rings is 2. The third-order valence-electron chi connectivity index (χ3n) is 7.56. The number of phenols is 1. The van der Waals surface area contributed by atoms with Crippen molar-refractivity contribution in [3.63, 3.8) is 0 Å². The molecular formula is C26H27ClN2O5. The minimum Gasteiger partial charge on any atom is -0.508 e. The zero-order chi connectivity index (χ0) is 24.0. The first kappa shape index (κ1) is 22.7. The van der Waals surface area contributed by atoms with Crippen LogP contribution in [0, 0.1) is 11.8 Å². The molecule has 2 heterocycles. The van der Waals surface area contributed by atoms with Crippen LogP contribution >= 0.6 is 11.6 Å². The Hall–Kier alpha value is -3.06. The number of amides is 2. The molecule has 2 unspecified atom stereocenters. The average Bonchev–Trinajstić information content (AvgIpc) is 3.16. The molecule has 1 saturated carbocycles. The van der Waals surface area contributed by atoms with Crippen molar-refractivity contribution in [3.8, 4) is 5.75 Å². The number of hydrogen-bond acceptors (Lipinski definition) is 4. The Morgan fingerprint density at radius 3 is 2.53 bits per heavy atom. The first-order valence-electron chi connectivity index (χ1n) is 11.8. The molecule has 0 aromatic heterocycles. The second-order valence-corrected chi connectivity index (χ2v) is 9.84. The third kappa shape index (κ3) is 3.82. The molecule has 0 saturated heterocycles. The number of hydrogen-bond donors (Lipinski definition) is 2. The predicted molar refractivity (Wildman–Crippen MR) is 126 cm³/mol. The number of phenolic OH excluding ortho intramolecular Hbond substituents is 1. The van der Waals surface area contributed by atoms with E-state index in [0.717, 1.165) is 24.0 Å². The van der Waals surface area contributed by atoms with E-state index in [1.807, 2.05) is 18.2 Å². The summed E-state index contributed by atoms with van der Waals surface area (Å²) in [7, 11) is 0. The van der Waals surface area contributed by atoms with Crippen molar-refractivity contribution in [2.75, 3.05) is 13.1 Å². The number of aromatic hydroxyl groups is 1. The SMILES string of the molecule is O=C(O)C1CCCCC1C(=O)N1CCc2c(Cl)ccc(O)c2[C@H]1CN1Cc2ccccc2C1=O. The molecule has 34 heavy (non-hydrogen) atoms. The van der Waals surface area contributed by atoms with Gasteiger partial charge in [0.25, 0.3) is 5.91 Å². The van der Waals surface area contributed by atoms with Crippen molar-refractivity contribution >= 4 is 29.4 Å². The fourth-order valence-corrected chi connectivity index (χ4v) is 6.11. The van der Waals surface area contributed by atoms with Crippen LogP contribution in [0.2, 0.25) is 5.02 Å². The van der Waals surface area contributed by atoms with E-state index in [2.05, 4.69) is 0 Å². The molecular weight excluding hydrogens is 456 g/mol. The topological polar surface area (TPSA) is 98.2 Å². The van der Waals surface area contributed by atoms with E-state index in [0.29, 0.717) is 48.5 Å². The van der Waals surface area contributed by atoms with Crippen LogP contribution in [-0.2, 0) is 22.6 Å². The molecule has 7 nitrogen and oxygen atoms in total. The molecule has 178 valence electrons. The summed E-state index contributed by atoms with van der Waals surface area (Å²) >= 11 is 6.47. The highest BCUT2D eigenvalue weighted by Crippen LogP contribution is 2.43. The third-order valence-corrected chi connectivity index (χ3v) is 7.92. The normalized spacial score (nSPS) is 24.0. The van der Waals surface area contributed by atoms with E-state index < -0.39 is 23.8 Å². The highest BCUT2D eigenvalue weighted by Gasteiger charge is 2.43. The fraction of sp³-hybridized carbons (Fsp3) is 0.423. The van der Waals surface area contributed by atoms with Gasteiger partial charge in [0, 0.05) is 35.8 Å². The van der Waals surface area contributed by atoms with E-state index in [1.165, 1.54) is 6.07 Å². The van der Waals surface area contributed by atoms with Crippen LogP contribution in [0.5, 0.6) is 5.75 Å². The summed E-state index contributed by atoms with van der Waals surface area (Å²) in [6, 6.07) is 9.98. The Morgan fingerprint density at radius 2 is 1.79 bits per heavy atom. The maximum Gasteiger partial charge on any atom is 0.307 e. The second-order valence-electron chi connectivity index (χ2n) is 9.43. The van der Waals surface area contributed by atoms with Crippen LogP contribution < -0.4 is 0 Å². The van der Waals surface area contributed by atoms with Crippen molar-refractivity contribution in [2.45, 2.75) is 44.7 Å². The Labute approximate surface area is 202 Å². The summed E-state index contributed by atoms with van der Waals surface area (Å²) in [4.78, 5) is 42.2. The lowest BCUT2D eigenvalue weighted by Crippen LogP contribution is -2.49. The summed E-state index contributed by atoms with van der Waals surface area (Å²) in [5, 5.41) is 21.1. The Bertz CT molecular complexity index is 1170. The first-order valence-corrected chi connectivity index (χ1v) is 12.1. The zero-order valence-electron chi connectivity index (χ0n) is 18.7. The number of carboxylic acids is 1. The van der Waals surface area contributed by atoms with Crippen LogP contribution in [0.1, 0.15) is 58.8 Å². The van der Waals surface area contributed by atoms with Crippen LogP contribution in [-0.4, -0.2) is 50.9 Å². The summed E-state index contributed by atoms with van der Waals surface area (Å²) in [5.74, 6) is -2.56. The molecule has 1 fully saturated rings. The maximum atomic E-state index is 13.8. The van der Waals surface area contributed by atoms with Crippen LogP contribution in [0.3, 0.4) is 0 Å². The molecule has 2 aromatic carbocycles. The summed E-state index contributed by atoms with van der Waals surface area (Å²) < 4.78 is 0. The van der Waals surface area contributed by atoms with Crippen molar-refractivity contribution < 1.29 is 24.6 Å². The van der Waals surface area contributed by atoms with Crippen LogP contribution in [0.15, 0.2) is 36.4 Å². The van der Waals surface area contributed by atoms with Gasteiger partial charge in [0.1, 0.15) is 5.75 Å². The lowest BCUT2D eigenvalue weighted by Gasteiger charge is -2.42. The van der Waals surface area contributed by atoms with Gasteiger partial charge in [-0.25, -0.2) is 0 Å². The number of halogens is 1. The highest BCUT2D eigenvalue weighted by atomic mass is 35.5. The minimum atomic E-state index is -0.942. The molecule has 0 radical (unpaired) electrons. The summed E-state index contributed by atoms with van der Waals surface area (Å²) in [5.41, 5.74) is 2.90. The average molecular weight is 483 g/mol. The van der Waals surface area contributed by atoms with E-state index in [9.17, 15) is 24.6 Å². The van der Waals surface area contributed by atoms with Gasteiger partial charge in [0.05, 0.1) is 17.9 Å². The number of aliphatic carboxylic acids is 1. The van der Waals surface area contributed by atoms with Gasteiger partial charge in [0.2, 0.25) is 5.91 Å². The largest absolute Gasteiger partial charge is 0.508 e. The lowest BCUT2D eigenvalue weighted by molar-refractivity contribution is -0.153. The van der Waals surface area contributed by atoms with Gasteiger partial charge in [-0.05, 0) is 48.6 Å². The van der Waals surface area contributed by atoms with E-state index in [-0.39, 0.29) is 24.1 Å². The van der Waals surface area contributed by atoms with Crippen LogP contribution in [0.25, 0.3) is 0 Å². The molecule has 2 amide bonds. The monoisotopic (exact) mass is 482 g/mol. The van der Waals surface area contributed by atoms with Crippen molar-refractivity contribution in [1.82, 2.24) is 9.80 Å². The second kappa shape index (κ2) is 8.95. The van der Waals surface area contributed by atoms with Gasteiger partial charge >= 0.3 is 5.97 Å². The number of rotatable bonds is 4. The summed E-state index contributed by atoms with van der Waals surface area (Å²) in [6.45, 7) is 0.980. The van der Waals surface area contributed by atoms with Gasteiger partial charge in [-0.3, -0.25) is 14.4 Å². The molecule has 2 aromatic rings. The Balaban J connectivity index is 1.51. The molecule has 8 heteroatoms. The van der Waals surface area contributed by atoms with Gasteiger partial charge in [-0.1, -0.05) is 42.6 Å². The van der Waals surface area contributed by atoms with Crippen molar-refractivity contribution in [3.05, 3.63) is 63.7 Å².